The van der Waals surface area contributed by atoms with E-state index in [0.717, 1.165) is 25.9 Å². The fourth-order valence-corrected chi connectivity index (χ4v) is 2.76. The Labute approximate surface area is 125 Å². The predicted molar refractivity (Wildman–Crippen MR) is 83.6 cm³/mol. The lowest BCUT2D eigenvalue weighted by atomic mass is 10.2. The maximum absolute atomic E-state index is 9.02. The molecule has 3 rings (SSSR count). The molecule has 0 saturated heterocycles. The minimum absolute atomic E-state index is 0.601. The van der Waals surface area contributed by atoms with Crippen molar-refractivity contribution in [2.75, 3.05) is 24.6 Å². The van der Waals surface area contributed by atoms with Crippen LogP contribution in [0.15, 0.2) is 48.5 Å². The average molecular weight is 278 g/mol. The summed E-state index contributed by atoms with van der Waals surface area (Å²) in [7, 11) is 0. The Morgan fingerprint density at radius 2 is 1.90 bits per heavy atom. The van der Waals surface area contributed by atoms with Crippen LogP contribution in [-0.4, -0.2) is 19.7 Å². The number of hydrogen-bond acceptors (Lipinski definition) is 3. The zero-order valence-electron chi connectivity index (χ0n) is 12.0. The van der Waals surface area contributed by atoms with Crippen LogP contribution in [-0.2, 0) is 6.42 Å². The third kappa shape index (κ3) is 3.00. The van der Waals surface area contributed by atoms with Crippen molar-refractivity contribution in [3.63, 3.8) is 0 Å². The first-order valence-corrected chi connectivity index (χ1v) is 7.33. The molecule has 0 atom stereocenters. The Morgan fingerprint density at radius 1 is 1.10 bits per heavy atom. The molecule has 1 aliphatic rings. The predicted octanol–water partition coefficient (Wildman–Crippen LogP) is 3.39. The molecule has 3 heteroatoms. The van der Waals surface area contributed by atoms with Crippen LogP contribution in [0, 0.1) is 11.3 Å². The van der Waals surface area contributed by atoms with Gasteiger partial charge in [0.1, 0.15) is 11.8 Å². The Bertz CT molecular complexity index is 660. The van der Waals surface area contributed by atoms with Gasteiger partial charge in [-0.3, -0.25) is 0 Å². The topological polar surface area (TPSA) is 36.3 Å². The molecule has 0 aromatic heterocycles. The SMILES string of the molecule is N#Cc1ccccc1OCCCN1CCc2ccccc21. The molecule has 2 aromatic carbocycles. The molecule has 0 unspecified atom stereocenters. The Hall–Kier alpha value is -2.47. The Balaban J connectivity index is 1.51. The summed E-state index contributed by atoms with van der Waals surface area (Å²) >= 11 is 0. The van der Waals surface area contributed by atoms with Crippen molar-refractivity contribution in [1.82, 2.24) is 0 Å². The molecule has 1 heterocycles. The summed E-state index contributed by atoms with van der Waals surface area (Å²) < 4.78 is 5.73. The highest BCUT2D eigenvalue weighted by atomic mass is 16.5. The largest absolute Gasteiger partial charge is 0.492 e. The first-order chi connectivity index (χ1) is 10.4. The summed E-state index contributed by atoms with van der Waals surface area (Å²) in [5, 5.41) is 9.02. The fourth-order valence-electron chi connectivity index (χ4n) is 2.76. The molecular formula is C18H18N2O. The fraction of sp³-hybridized carbons (Fsp3) is 0.278. The van der Waals surface area contributed by atoms with E-state index in [1.165, 1.54) is 11.3 Å². The first kappa shape index (κ1) is 13.5. The van der Waals surface area contributed by atoms with Crippen LogP contribution >= 0.6 is 0 Å². The van der Waals surface area contributed by atoms with Gasteiger partial charge in [-0.2, -0.15) is 5.26 Å². The number of anilines is 1. The van der Waals surface area contributed by atoms with Gasteiger partial charge >= 0.3 is 0 Å². The molecule has 3 nitrogen and oxygen atoms in total. The van der Waals surface area contributed by atoms with Gasteiger partial charge in [0.15, 0.2) is 0 Å². The maximum atomic E-state index is 9.02. The van der Waals surface area contributed by atoms with Gasteiger partial charge in [0.25, 0.3) is 0 Å². The molecule has 0 amide bonds. The van der Waals surface area contributed by atoms with E-state index in [-0.39, 0.29) is 0 Å². The Kier molecular flexibility index (Phi) is 4.07. The summed E-state index contributed by atoms with van der Waals surface area (Å²) in [5.41, 5.74) is 3.40. The molecule has 0 radical (unpaired) electrons. The van der Waals surface area contributed by atoms with Crippen LogP contribution in [0.5, 0.6) is 5.75 Å². The Morgan fingerprint density at radius 3 is 2.81 bits per heavy atom. The van der Waals surface area contributed by atoms with Gasteiger partial charge in [-0.05, 0) is 36.6 Å². The van der Waals surface area contributed by atoms with E-state index in [1.54, 1.807) is 6.07 Å². The molecule has 2 aromatic rings. The van der Waals surface area contributed by atoms with Crippen LogP contribution < -0.4 is 9.64 Å². The minimum Gasteiger partial charge on any atom is -0.492 e. The van der Waals surface area contributed by atoms with E-state index >= 15 is 0 Å². The number of rotatable bonds is 5. The van der Waals surface area contributed by atoms with Crippen molar-refractivity contribution in [2.24, 2.45) is 0 Å². The van der Waals surface area contributed by atoms with Gasteiger partial charge in [-0.15, -0.1) is 0 Å². The van der Waals surface area contributed by atoms with Gasteiger partial charge in [0.05, 0.1) is 12.2 Å². The molecule has 0 saturated carbocycles. The van der Waals surface area contributed by atoms with Gasteiger partial charge in [-0.1, -0.05) is 30.3 Å². The molecule has 0 bridgehead atoms. The highest BCUT2D eigenvalue weighted by Crippen LogP contribution is 2.27. The number of nitriles is 1. The normalized spacial score (nSPS) is 12.8. The highest BCUT2D eigenvalue weighted by Gasteiger charge is 2.17. The molecule has 0 aliphatic carbocycles. The molecule has 0 spiro atoms. The summed E-state index contributed by atoms with van der Waals surface area (Å²) in [5.74, 6) is 0.682. The van der Waals surface area contributed by atoms with Crippen molar-refractivity contribution >= 4 is 5.69 Å². The van der Waals surface area contributed by atoms with Gasteiger partial charge < -0.3 is 9.64 Å². The quantitative estimate of drug-likeness (QED) is 0.787. The van der Waals surface area contributed by atoms with E-state index in [4.69, 9.17) is 10.00 Å². The number of hydrogen-bond donors (Lipinski definition) is 0. The van der Waals surface area contributed by atoms with Crippen molar-refractivity contribution in [3.05, 3.63) is 59.7 Å². The molecule has 0 fully saturated rings. The van der Waals surface area contributed by atoms with Crippen molar-refractivity contribution < 1.29 is 4.74 Å². The maximum Gasteiger partial charge on any atom is 0.137 e. The lowest BCUT2D eigenvalue weighted by Crippen LogP contribution is -2.23. The lowest BCUT2D eigenvalue weighted by Gasteiger charge is -2.19. The molecule has 106 valence electrons. The zero-order valence-corrected chi connectivity index (χ0v) is 12.0. The molecule has 1 aliphatic heterocycles. The van der Waals surface area contributed by atoms with E-state index < -0.39 is 0 Å². The van der Waals surface area contributed by atoms with Crippen LogP contribution in [0.25, 0.3) is 0 Å². The highest BCUT2D eigenvalue weighted by molar-refractivity contribution is 5.57. The third-order valence-corrected chi connectivity index (χ3v) is 3.82. The number of ether oxygens (including phenoxy) is 1. The van der Waals surface area contributed by atoms with Crippen LogP contribution in [0.2, 0.25) is 0 Å². The standard InChI is InChI=1S/C18H18N2O/c19-14-16-7-2-4-9-18(16)21-13-5-11-20-12-10-15-6-1-3-8-17(15)20/h1-4,6-9H,5,10-13H2. The first-order valence-electron chi connectivity index (χ1n) is 7.33. The number of para-hydroxylation sites is 2. The summed E-state index contributed by atoms with van der Waals surface area (Å²) in [4.78, 5) is 2.41. The molecular weight excluding hydrogens is 260 g/mol. The number of benzene rings is 2. The van der Waals surface area contributed by atoms with Crippen LogP contribution in [0.1, 0.15) is 17.5 Å². The smallest absolute Gasteiger partial charge is 0.137 e. The second-order valence-corrected chi connectivity index (χ2v) is 5.18. The van der Waals surface area contributed by atoms with E-state index in [0.29, 0.717) is 17.9 Å². The van der Waals surface area contributed by atoms with Crippen LogP contribution in [0.4, 0.5) is 5.69 Å². The summed E-state index contributed by atoms with van der Waals surface area (Å²) in [6, 6.07) is 18.1. The van der Waals surface area contributed by atoms with Gasteiger partial charge in [0.2, 0.25) is 0 Å². The monoisotopic (exact) mass is 278 g/mol. The van der Waals surface area contributed by atoms with Crippen molar-refractivity contribution in [3.8, 4) is 11.8 Å². The van der Waals surface area contributed by atoms with Crippen molar-refractivity contribution in [2.45, 2.75) is 12.8 Å². The minimum atomic E-state index is 0.601. The molecule has 21 heavy (non-hydrogen) atoms. The second-order valence-electron chi connectivity index (χ2n) is 5.18. The number of nitrogens with zero attached hydrogens (tertiary/aromatic N) is 2. The summed E-state index contributed by atoms with van der Waals surface area (Å²) in [6.07, 6.45) is 2.09. The summed E-state index contributed by atoms with van der Waals surface area (Å²) in [6.45, 7) is 2.72. The van der Waals surface area contributed by atoms with E-state index in [1.807, 2.05) is 18.2 Å². The van der Waals surface area contributed by atoms with Crippen molar-refractivity contribution in [1.29, 1.82) is 5.26 Å². The number of fused-ring (bicyclic) bond motifs is 1. The average Bonchev–Trinajstić information content (AvgIpc) is 2.95. The van der Waals surface area contributed by atoms with Gasteiger partial charge in [-0.25, -0.2) is 0 Å². The van der Waals surface area contributed by atoms with E-state index in [9.17, 15) is 0 Å². The van der Waals surface area contributed by atoms with Gasteiger partial charge in [0, 0.05) is 18.8 Å². The molecule has 0 N–H and O–H groups in total. The zero-order chi connectivity index (χ0) is 14.5. The van der Waals surface area contributed by atoms with E-state index in [2.05, 4.69) is 35.2 Å². The lowest BCUT2D eigenvalue weighted by molar-refractivity contribution is 0.311. The third-order valence-electron chi connectivity index (χ3n) is 3.82. The second kappa shape index (κ2) is 6.32. The van der Waals surface area contributed by atoms with Crippen LogP contribution in [0.3, 0.4) is 0 Å².